The second-order valence-electron chi connectivity index (χ2n) is 5.45. The topological polar surface area (TPSA) is 89.7 Å². The molecule has 1 aliphatic rings. The first-order chi connectivity index (χ1) is 11.3. The SMILES string of the molecule is Cc1ccc(S(=O)(=O)N2CC(C(N)=O)Oc3ccccc32)c(Cl)c1. The number of benzene rings is 2. The van der Waals surface area contributed by atoms with Gasteiger partial charge in [0.2, 0.25) is 0 Å². The molecule has 2 aromatic rings. The monoisotopic (exact) mass is 366 g/mol. The van der Waals surface area contributed by atoms with Gasteiger partial charge in [-0.15, -0.1) is 0 Å². The smallest absolute Gasteiger partial charge is 0.266 e. The molecule has 1 atom stereocenters. The minimum Gasteiger partial charge on any atom is -0.476 e. The number of anilines is 1. The van der Waals surface area contributed by atoms with Crippen molar-refractivity contribution in [2.24, 2.45) is 5.73 Å². The van der Waals surface area contributed by atoms with Crippen LogP contribution in [0.3, 0.4) is 0 Å². The van der Waals surface area contributed by atoms with Gasteiger partial charge < -0.3 is 10.5 Å². The maximum Gasteiger partial charge on any atom is 0.266 e. The van der Waals surface area contributed by atoms with Crippen LogP contribution in [0.1, 0.15) is 5.56 Å². The van der Waals surface area contributed by atoms with Crippen molar-refractivity contribution in [3.63, 3.8) is 0 Å². The highest BCUT2D eigenvalue weighted by atomic mass is 35.5. The zero-order chi connectivity index (χ0) is 17.5. The fourth-order valence-corrected chi connectivity index (χ4v) is 4.56. The normalized spacial score (nSPS) is 17.1. The number of para-hydroxylation sites is 2. The average molecular weight is 367 g/mol. The molecule has 0 saturated heterocycles. The Kier molecular flexibility index (Phi) is 4.15. The molecule has 0 spiro atoms. The lowest BCUT2D eigenvalue weighted by Crippen LogP contribution is -2.49. The number of sulfonamides is 1. The number of halogens is 1. The first kappa shape index (κ1) is 16.6. The van der Waals surface area contributed by atoms with Gasteiger partial charge in [-0.2, -0.15) is 0 Å². The molecule has 1 heterocycles. The molecule has 0 aromatic heterocycles. The number of hydrogen-bond donors (Lipinski definition) is 1. The van der Waals surface area contributed by atoms with Gasteiger partial charge in [0.05, 0.1) is 17.3 Å². The number of carbonyl (C=O) groups is 1. The van der Waals surface area contributed by atoms with Gasteiger partial charge in [0.1, 0.15) is 10.6 Å². The molecule has 2 N–H and O–H groups in total. The maximum absolute atomic E-state index is 13.1. The molecule has 2 aromatic carbocycles. The largest absolute Gasteiger partial charge is 0.476 e. The third-order valence-corrected chi connectivity index (χ3v) is 5.97. The molecule has 24 heavy (non-hydrogen) atoms. The van der Waals surface area contributed by atoms with Crippen LogP contribution in [-0.4, -0.2) is 27.0 Å². The van der Waals surface area contributed by atoms with Gasteiger partial charge in [0, 0.05) is 0 Å². The van der Waals surface area contributed by atoms with Gasteiger partial charge in [-0.1, -0.05) is 29.8 Å². The van der Waals surface area contributed by atoms with Crippen molar-refractivity contribution in [2.75, 3.05) is 10.8 Å². The standard InChI is InChI=1S/C16H15ClN2O4S/c1-10-6-7-15(11(17)8-10)24(21,22)19-9-14(16(18)20)23-13-5-3-2-4-12(13)19/h2-8,14H,9H2,1H3,(H2,18,20). The number of ether oxygens (including phenoxy) is 1. The van der Waals surface area contributed by atoms with Gasteiger partial charge >= 0.3 is 0 Å². The summed E-state index contributed by atoms with van der Waals surface area (Å²) in [4.78, 5) is 11.5. The van der Waals surface area contributed by atoms with Crippen molar-refractivity contribution >= 4 is 33.2 Å². The van der Waals surface area contributed by atoms with Crippen LogP contribution in [0.4, 0.5) is 5.69 Å². The summed E-state index contributed by atoms with van der Waals surface area (Å²) in [7, 11) is -3.98. The number of amides is 1. The van der Waals surface area contributed by atoms with Crippen LogP contribution in [0, 0.1) is 6.92 Å². The third-order valence-electron chi connectivity index (χ3n) is 3.71. The number of aryl methyl sites for hydroxylation is 1. The molecular weight excluding hydrogens is 352 g/mol. The van der Waals surface area contributed by atoms with E-state index in [0.29, 0.717) is 5.69 Å². The summed E-state index contributed by atoms with van der Waals surface area (Å²) >= 11 is 6.13. The molecule has 1 amide bonds. The lowest BCUT2D eigenvalue weighted by Gasteiger charge is -2.34. The molecule has 0 aliphatic carbocycles. The van der Waals surface area contributed by atoms with E-state index in [-0.39, 0.29) is 22.2 Å². The highest BCUT2D eigenvalue weighted by Crippen LogP contribution is 2.38. The summed E-state index contributed by atoms with van der Waals surface area (Å²) in [6.45, 7) is 1.61. The van der Waals surface area contributed by atoms with E-state index in [2.05, 4.69) is 0 Å². The highest BCUT2D eigenvalue weighted by molar-refractivity contribution is 7.93. The minimum absolute atomic E-state index is 0.0327. The Morgan fingerprint density at radius 3 is 2.67 bits per heavy atom. The van der Waals surface area contributed by atoms with E-state index in [4.69, 9.17) is 22.1 Å². The first-order valence-electron chi connectivity index (χ1n) is 7.14. The zero-order valence-electron chi connectivity index (χ0n) is 12.8. The van der Waals surface area contributed by atoms with Crippen molar-refractivity contribution in [3.8, 4) is 5.75 Å². The second kappa shape index (κ2) is 5.99. The van der Waals surface area contributed by atoms with E-state index >= 15 is 0 Å². The van der Waals surface area contributed by atoms with E-state index in [1.54, 1.807) is 36.4 Å². The average Bonchev–Trinajstić information content (AvgIpc) is 2.53. The van der Waals surface area contributed by atoms with Crippen LogP contribution in [0.25, 0.3) is 0 Å². The Morgan fingerprint density at radius 2 is 2.00 bits per heavy atom. The molecule has 0 fully saturated rings. The Balaban J connectivity index is 2.14. The molecule has 1 aliphatic heterocycles. The number of hydrogen-bond acceptors (Lipinski definition) is 4. The van der Waals surface area contributed by atoms with Crippen molar-refractivity contribution in [2.45, 2.75) is 17.9 Å². The summed E-state index contributed by atoms with van der Waals surface area (Å²) < 4.78 is 32.8. The second-order valence-corrected chi connectivity index (χ2v) is 7.68. The molecule has 3 rings (SSSR count). The number of nitrogens with zero attached hydrogens (tertiary/aromatic N) is 1. The van der Waals surface area contributed by atoms with Crippen LogP contribution in [0.5, 0.6) is 5.75 Å². The number of fused-ring (bicyclic) bond motifs is 1. The number of nitrogens with two attached hydrogens (primary N) is 1. The van der Waals surface area contributed by atoms with Gasteiger partial charge in [-0.05, 0) is 36.8 Å². The maximum atomic E-state index is 13.1. The predicted octanol–water partition coefficient (Wildman–Crippen LogP) is 2.09. The number of primary amides is 1. The fourth-order valence-electron chi connectivity index (χ4n) is 2.51. The summed E-state index contributed by atoms with van der Waals surface area (Å²) in [5.41, 5.74) is 6.49. The summed E-state index contributed by atoms with van der Waals surface area (Å²) in [5.74, 6) is -0.459. The van der Waals surface area contributed by atoms with Crippen molar-refractivity contribution < 1.29 is 17.9 Å². The van der Waals surface area contributed by atoms with E-state index in [9.17, 15) is 13.2 Å². The van der Waals surface area contributed by atoms with E-state index in [1.807, 2.05) is 6.92 Å². The lowest BCUT2D eigenvalue weighted by atomic mass is 10.2. The van der Waals surface area contributed by atoms with Gasteiger partial charge in [0.15, 0.2) is 6.10 Å². The van der Waals surface area contributed by atoms with Crippen LogP contribution in [0.15, 0.2) is 47.4 Å². The molecule has 6 nitrogen and oxygen atoms in total. The minimum atomic E-state index is -3.98. The molecule has 0 saturated carbocycles. The fraction of sp³-hybridized carbons (Fsp3) is 0.188. The number of carbonyl (C=O) groups excluding carboxylic acids is 1. The molecule has 126 valence electrons. The summed E-state index contributed by atoms with van der Waals surface area (Å²) in [5, 5.41) is 0.120. The molecule has 8 heteroatoms. The van der Waals surface area contributed by atoms with Crippen LogP contribution >= 0.6 is 11.6 Å². The van der Waals surface area contributed by atoms with E-state index < -0.39 is 22.0 Å². The van der Waals surface area contributed by atoms with Crippen molar-refractivity contribution in [3.05, 3.63) is 53.1 Å². The van der Waals surface area contributed by atoms with Crippen LogP contribution in [0.2, 0.25) is 5.02 Å². The molecular formula is C16H15ClN2O4S. The Labute approximate surface area is 144 Å². The Morgan fingerprint density at radius 1 is 1.29 bits per heavy atom. The predicted molar refractivity (Wildman–Crippen MR) is 90.8 cm³/mol. The van der Waals surface area contributed by atoms with E-state index in [1.165, 1.54) is 6.07 Å². The zero-order valence-corrected chi connectivity index (χ0v) is 14.3. The first-order valence-corrected chi connectivity index (χ1v) is 8.96. The van der Waals surface area contributed by atoms with Gasteiger partial charge in [-0.3, -0.25) is 9.10 Å². The van der Waals surface area contributed by atoms with Crippen molar-refractivity contribution in [1.29, 1.82) is 0 Å². The summed E-state index contributed by atoms with van der Waals surface area (Å²) in [6.07, 6.45) is -1.07. The lowest BCUT2D eigenvalue weighted by molar-refractivity contribution is -0.124. The summed E-state index contributed by atoms with van der Waals surface area (Å²) in [6, 6.07) is 11.3. The van der Waals surface area contributed by atoms with Crippen LogP contribution in [-0.2, 0) is 14.8 Å². The van der Waals surface area contributed by atoms with Crippen molar-refractivity contribution in [1.82, 2.24) is 0 Å². The van der Waals surface area contributed by atoms with E-state index in [0.717, 1.165) is 9.87 Å². The quantitative estimate of drug-likeness (QED) is 0.900. The van der Waals surface area contributed by atoms with Crippen LogP contribution < -0.4 is 14.8 Å². The highest BCUT2D eigenvalue weighted by Gasteiger charge is 2.37. The Bertz CT molecular complexity index is 914. The van der Waals surface area contributed by atoms with Gasteiger partial charge in [0.25, 0.3) is 15.9 Å². The number of rotatable bonds is 3. The molecule has 1 unspecified atom stereocenters. The Hall–Kier alpha value is -2.25. The van der Waals surface area contributed by atoms with Gasteiger partial charge in [-0.25, -0.2) is 8.42 Å². The molecule has 0 bridgehead atoms. The third kappa shape index (κ3) is 2.81. The molecule has 0 radical (unpaired) electrons.